The van der Waals surface area contributed by atoms with Crippen LogP contribution >= 0.6 is 11.6 Å². The van der Waals surface area contributed by atoms with Crippen LogP contribution in [0.3, 0.4) is 0 Å². The van der Waals surface area contributed by atoms with Crippen molar-refractivity contribution in [3.05, 3.63) is 16.3 Å². The van der Waals surface area contributed by atoms with Crippen LogP contribution in [0.5, 0.6) is 0 Å². The normalized spacial score (nSPS) is 10.2. The first kappa shape index (κ1) is 14.7. The van der Waals surface area contributed by atoms with Gasteiger partial charge in [0.15, 0.2) is 11.0 Å². The Bertz CT molecular complexity index is 444. The van der Waals surface area contributed by atoms with Crippen LogP contribution in [0.25, 0.3) is 0 Å². The molecule has 0 amide bonds. The van der Waals surface area contributed by atoms with E-state index in [1.54, 1.807) is 7.11 Å². The first-order valence-electron chi connectivity index (χ1n) is 5.72. The van der Waals surface area contributed by atoms with Crippen molar-refractivity contribution in [1.82, 2.24) is 10.2 Å². The number of hydrogen-bond donors (Lipinski definition) is 0. The molecule has 6 heteroatoms. The molecule has 0 bridgehead atoms. The van der Waals surface area contributed by atoms with Gasteiger partial charge in [0.25, 0.3) is 0 Å². The lowest BCUT2D eigenvalue weighted by Crippen LogP contribution is -2.30. The molecule has 0 saturated heterocycles. The fourth-order valence-electron chi connectivity index (χ4n) is 1.57. The molecule has 0 aliphatic carbocycles. The second kappa shape index (κ2) is 7.14. The SMILES string of the molecule is COCCN(CCC#N)c1nnc(Cl)c(C)c1C. The number of halogens is 1. The van der Waals surface area contributed by atoms with E-state index in [1.807, 2.05) is 18.7 Å². The number of ether oxygens (including phenoxy) is 1. The second-order valence-corrected chi connectivity index (χ2v) is 4.31. The monoisotopic (exact) mass is 268 g/mol. The molecule has 0 unspecified atom stereocenters. The van der Waals surface area contributed by atoms with Gasteiger partial charge in [0.2, 0.25) is 0 Å². The Balaban J connectivity index is 2.97. The topological polar surface area (TPSA) is 62.0 Å². The van der Waals surface area contributed by atoms with Gasteiger partial charge in [-0.25, -0.2) is 0 Å². The molecule has 1 heterocycles. The second-order valence-electron chi connectivity index (χ2n) is 3.95. The first-order valence-corrected chi connectivity index (χ1v) is 6.09. The van der Waals surface area contributed by atoms with E-state index < -0.39 is 0 Å². The Morgan fingerprint density at radius 2 is 2.00 bits per heavy atom. The molecular formula is C12H17ClN4O. The summed E-state index contributed by atoms with van der Waals surface area (Å²) in [6.45, 7) is 5.73. The average Bonchev–Trinajstić information content (AvgIpc) is 2.37. The minimum atomic E-state index is 0.420. The lowest BCUT2D eigenvalue weighted by atomic mass is 10.2. The zero-order valence-corrected chi connectivity index (χ0v) is 11.7. The van der Waals surface area contributed by atoms with Crippen molar-refractivity contribution in [2.75, 3.05) is 31.7 Å². The van der Waals surface area contributed by atoms with E-state index in [0.29, 0.717) is 31.3 Å². The molecule has 18 heavy (non-hydrogen) atoms. The molecule has 98 valence electrons. The summed E-state index contributed by atoms with van der Waals surface area (Å²) >= 11 is 5.93. The van der Waals surface area contributed by atoms with Gasteiger partial charge < -0.3 is 9.64 Å². The van der Waals surface area contributed by atoms with Gasteiger partial charge in [0.1, 0.15) is 0 Å². The summed E-state index contributed by atoms with van der Waals surface area (Å²) in [5, 5.41) is 17.2. The number of methoxy groups -OCH3 is 1. The van der Waals surface area contributed by atoms with Crippen molar-refractivity contribution in [3.8, 4) is 6.07 Å². The Kier molecular flexibility index (Phi) is 5.83. The van der Waals surface area contributed by atoms with Gasteiger partial charge in [0, 0.05) is 20.2 Å². The smallest absolute Gasteiger partial charge is 0.155 e. The van der Waals surface area contributed by atoms with Crippen molar-refractivity contribution in [3.63, 3.8) is 0 Å². The van der Waals surface area contributed by atoms with Gasteiger partial charge in [-0.15, -0.1) is 10.2 Å². The van der Waals surface area contributed by atoms with E-state index in [-0.39, 0.29) is 0 Å². The van der Waals surface area contributed by atoms with E-state index in [9.17, 15) is 0 Å². The zero-order valence-electron chi connectivity index (χ0n) is 10.9. The molecule has 5 nitrogen and oxygen atoms in total. The third kappa shape index (κ3) is 3.56. The molecule has 0 aliphatic rings. The molecule has 0 saturated carbocycles. The fraction of sp³-hybridized carbons (Fsp3) is 0.583. The predicted molar refractivity (Wildman–Crippen MR) is 70.8 cm³/mol. The summed E-state index contributed by atoms with van der Waals surface area (Å²) in [7, 11) is 1.65. The molecule has 0 aromatic carbocycles. The van der Waals surface area contributed by atoms with E-state index in [2.05, 4.69) is 16.3 Å². The average molecular weight is 269 g/mol. The lowest BCUT2D eigenvalue weighted by molar-refractivity contribution is 0.205. The maximum atomic E-state index is 8.69. The summed E-state index contributed by atoms with van der Waals surface area (Å²) in [4.78, 5) is 2.00. The van der Waals surface area contributed by atoms with Crippen molar-refractivity contribution < 1.29 is 4.74 Å². The third-order valence-corrected chi connectivity index (χ3v) is 3.16. The highest BCUT2D eigenvalue weighted by molar-refractivity contribution is 6.30. The van der Waals surface area contributed by atoms with Gasteiger partial charge in [-0.2, -0.15) is 5.26 Å². The van der Waals surface area contributed by atoms with E-state index in [0.717, 1.165) is 16.9 Å². The highest BCUT2D eigenvalue weighted by atomic mass is 35.5. The van der Waals surface area contributed by atoms with Gasteiger partial charge in [0.05, 0.1) is 19.1 Å². The Morgan fingerprint density at radius 1 is 1.28 bits per heavy atom. The maximum absolute atomic E-state index is 8.69. The Morgan fingerprint density at radius 3 is 2.61 bits per heavy atom. The van der Waals surface area contributed by atoms with Crippen LogP contribution in [0.2, 0.25) is 5.15 Å². The summed E-state index contributed by atoms with van der Waals surface area (Å²) in [6, 6.07) is 2.13. The van der Waals surface area contributed by atoms with Crippen LogP contribution in [-0.2, 0) is 4.74 Å². The van der Waals surface area contributed by atoms with Crippen LogP contribution in [-0.4, -0.2) is 37.0 Å². The Hall–Kier alpha value is -1.38. The largest absolute Gasteiger partial charge is 0.383 e. The maximum Gasteiger partial charge on any atom is 0.155 e. The minimum Gasteiger partial charge on any atom is -0.383 e. The molecule has 0 aliphatic heterocycles. The van der Waals surface area contributed by atoms with E-state index in [4.69, 9.17) is 21.6 Å². The number of nitrogens with zero attached hydrogens (tertiary/aromatic N) is 4. The molecule has 1 rings (SSSR count). The summed E-state index contributed by atoms with van der Waals surface area (Å²) in [5.74, 6) is 0.768. The number of aromatic nitrogens is 2. The number of hydrogen-bond acceptors (Lipinski definition) is 5. The van der Waals surface area contributed by atoms with Crippen LogP contribution in [0.4, 0.5) is 5.82 Å². The number of rotatable bonds is 6. The van der Waals surface area contributed by atoms with E-state index in [1.165, 1.54) is 0 Å². The third-order valence-electron chi connectivity index (χ3n) is 2.80. The minimum absolute atomic E-state index is 0.420. The van der Waals surface area contributed by atoms with Gasteiger partial charge in [-0.05, 0) is 25.0 Å². The highest BCUT2D eigenvalue weighted by Gasteiger charge is 2.14. The zero-order chi connectivity index (χ0) is 13.5. The van der Waals surface area contributed by atoms with E-state index >= 15 is 0 Å². The predicted octanol–water partition coefficient (Wildman–Crippen LogP) is 2.11. The quantitative estimate of drug-likeness (QED) is 0.791. The molecule has 1 aromatic heterocycles. The first-order chi connectivity index (χ1) is 8.61. The molecule has 0 atom stereocenters. The molecule has 0 spiro atoms. The molecule has 0 radical (unpaired) electrons. The van der Waals surface area contributed by atoms with Crippen LogP contribution in [0.15, 0.2) is 0 Å². The van der Waals surface area contributed by atoms with Crippen LogP contribution in [0.1, 0.15) is 17.5 Å². The number of nitriles is 1. The Labute approximate surface area is 112 Å². The van der Waals surface area contributed by atoms with Crippen molar-refractivity contribution in [2.24, 2.45) is 0 Å². The highest BCUT2D eigenvalue weighted by Crippen LogP contribution is 2.23. The summed E-state index contributed by atoms with van der Waals surface area (Å²) in [6.07, 6.45) is 0.437. The summed E-state index contributed by atoms with van der Waals surface area (Å²) in [5.41, 5.74) is 1.91. The van der Waals surface area contributed by atoms with Crippen molar-refractivity contribution in [2.45, 2.75) is 20.3 Å². The number of anilines is 1. The molecule has 1 aromatic rings. The summed E-state index contributed by atoms with van der Waals surface area (Å²) < 4.78 is 5.07. The van der Waals surface area contributed by atoms with Gasteiger partial charge >= 0.3 is 0 Å². The van der Waals surface area contributed by atoms with Crippen molar-refractivity contribution in [1.29, 1.82) is 5.26 Å². The molecule has 0 N–H and O–H groups in total. The van der Waals surface area contributed by atoms with Crippen molar-refractivity contribution >= 4 is 17.4 Å². The fourth-order valence-corrected chi connectivity index (χ4v) is 1.75. The van der Waals surface area contributed by atoms with Crippen LogP contribution in [0, 0.1) is 25.2 Å². The molecular weight excluding hydrogens is 252 g/mol. The standard InChI is InChI=1S/C12H17ClN4O/c1-9-10(2)12(16-15-11(9)13)17(6-4-5-14)7-8-18-3/h4,6-8H2,1-3H3. The van der Waals surface area contributed by atoms with Gasteiger partial charge in [-0.3, -0.25) is 0 Å². The van der Waals surface area contributed by atoms with Gasteiger partial charge in [-0.1, -0.05) is 11.6 Å². The molecule has 0 fully saturated rings. The van der Waals surface area contributed by atoms with Crippen LogP contribution < -0.4 is 4.90 Å². The lowest BCUT2D eigenvalue weighted by Gasteiger charge is -2.24.